The first-order valence-electron chi connectivity index (χ1n) is 7.00. The van der Waals surface area contributed by atoms with E-state index in [2.05, 4.69) is 0 Å². The van der Waals surface area contributed by atoms with E-state index in [1.54, 1.807) is 0 Å². The van der Waals surface area contributed by atoms with E-state index in [0.717, 1.165) is 12.8 Å². The molecule has 3 fully saturated rings. The average Bonchev–Trinajstić information content (AvgIpc) is 2.95. The van der Waals surface area contributed by atoms with E-state index in [1.807, 2.05) is 32.8 Å². The number of hydrogen-bond acceptors (Lipinski definition) is 4. The molecule has 19 heavy (non-hydrogen) atoms. The molecule has 5 nitrogen and oxygen atoms in total. The second kappa shape index (κ2) is 3.79. The van der Waals surface area contributed by atoms with Gasteiger partial charge in [-0.3, -0.25) is 14.5 Å². The summed E-state index contributed by atoms with van der Waals surface area (Å²) in [6.07, 6.45) is 1.64. The second-order valence-electron chi connectivity index (χ2n) is 6.66. The maximum Gasteiger partial charge on any atom is 0.238 e. The van der Waals surface area contributed by atoms with Gasteiger partial charge in [-0.05, 0) is 40.8 Å². The minimum absolute atomic E-state index is 0.0333. The van der Waals surface area contributed by atoms with Crippen molar-refractivity contribution in [1.29, 1.82) is 0 Å². The summed E-state index contributed by atoms with van der Waals surface area (Å²) in [7, 11) is 3.89. The third kappa shape index (κ3) is 1.32. The highest BCUT2D eigenvalue weighted by molar-refractivity contribution is 6.10. The molecule has 2 amide bonds. The lowest BCUT2D eigenvalue weighted by Crippen LogP contribution is -2.48. The summed E-state index contributed by atoms with van der Waals surface area (Å²) in [6.45, 7) is 5.04. The highest BCUT2D eigenvalue weighted by Gasteiger charge is 2.76. The third-order valence-corrected chi connectivity index (χ3v) is 5.54. The lowest BCUT2D eigenvalue weighted by atomic mass is 9.59. The zero-order valence-corrected chi connectivity index (χ0v) is 12.1. The molecule has 3 aliphatic heterocycles. The standard InChI is InChI=1S/C14H22N2O3/c1-13-9-5-6-10(19-9)14(13,2)12(18)16(11(13)17)8-7-15(3)4/h9-10H,5-8H2,1-4H3. The van der Waals surface area contributed by atoms with E-state index in [-0.39, 0.29) is 24.0 Å². The fourth-order valence-electron chi connectivity index (χ4n) is 4.03. The SMILES string of the molecule is CN(C)CCN1C(=O)C2(C)C3CCC(O3)C2(C)C1=O. The normalized spacial score (nSPS) is 44.6. The number of rotatable bonds is 3. The zero-order valence-electron chi connectivity index (χ0n) is 12.1. The average molecular weight is 266 g/mol. The van der Waals surface area contributed by atoms with Crippen LogP contribution in [-0.4, -0.2) is 61.0 Å². The van der Waals surface area contributed by atoms with Crippen LogP contribution in [0.25, 0.3) is 0 Å². The van der Waals surface area contributed by atoms with Crippen molar-refractivity contribution >= 4 is 11.8 Å². The Morgan fingerprint density at radius 1 is 1.16 bits per heavy atom. The number of likely N-dealkylation sites (tertiary alicyclic amines) is 1. The first-order chi connectivity index (χ1) is 8.83. The van der Waals surface area contributed by atoms with Crippen LogP contribution in [0.5, 0.6) is 0 Å². The minimum atomic E-state index is -0.653. The van der Waals surface area contributed by atoms with E-state index in [9.17, 15) is 9.59 Å². The van der Waals surface area contributed by atoms with Crippen molar-refractivity contribution < 1.29 is 14.3 Å². The Bertz CT molecular complexity index is 416. The molecule has 0 aromatic carbocycles. The molecule has 0 saturated carbocycles. The van der Waals surface area contributed by atoms with Gasteiger partial charge in [-0.25, -0.2) is 0 Å². The molecule has 3 aliphatic rings. The third-order valence-electron chi connectivity index (χ3n) is 5.54. The van der Waals surface area contributed by atoms with Crippen LogP contribution in [-0.2, 0) is 14.3 Å². The molecule has 3 heterocycles. The van der Waals surface area contributed by atoms with Crippen molar-refractivity contribution in [3.63, 3.8) is 0 Å². The van der Waals surface area contributed by atoms with E-state index in [4.69, 9.17) is 4.74 Å². The summed E-state index contributed by atoms with van der Waals surface area (Å²) < 4.78 is 5.88. The van der Waals surface area contributed by atoms with Crippen LogP contribution >= 0.6 is 0 Å². The van der Waals surface area contributed by atoms with Crippen LogP contribution in [0.3, 0.4) is 0 Å². The molecule has 3 saturated heterocycles. The number of amides is 2. The first kappa shape index (κ1) is 13.1. The van der Waals surface area contributed by atoms with Gasteiger partial charge in [0, 0.05) is 13.1 Å². The van der Waals surface area contributed by atoms with Crippen molar-refractivity contribution in [3.05, 3.63) is 0 Å². The number of carbonyl (C=O) groups excluding carboxylic acids is 2. The van der Waals surface area contributed by atoms with Crippen LogP contribution in [0.1, 0.15) is 26.7 Å². The molecule has 0 aromatic heterocycles. The second-order valence-corrected chi connectivity index (χ2v) is 6.66. The number of fused-ring (bicyclic) bond motifs is 5. The van der Waals surface area contributed by atoms with Crippen LogP contribution in [0, 0.1) is 10.8 Å². The molecule has 0 aliphatic carbocycles. The smallest absolute Gasteiger partial charge is 0.238 e. The topological polar surface area (TPSA) is 49.9 Å². The largest absolute Gasteiger partial charge is 0.373 e. The Morgan fingerprint density at radius 2 is 1.63 bits per heavy atom. The Labute approximate surface area is 113 Å². The van der Waals surface area contributed by atoms with Crippen molar-refractivity contribution in [2.75, 3.05) is 27.2 Å². The zero-order chi connectivity index (χ0) is 14.0. The molecule has 3 rings (SSSR count). The van der Waals surface area contributed by atoms with Gasteiger partial charge in [0.1, 0.15) is 0 Å². The van der Waals surface area contributed by atoms with E-state index in [0.29, 0.717) is 13.1 Å². The fourth-order valence-corrected chi connectivity index (χ4v) is 4.03. The molecule has 5 heteroatoms. The fraction of sp³-hybridized carbons (Fsp3) is 0.857. The molecule has 4 atom stereocenters. The van der Waals surface area contributed by atoms with Gasteiger partial charge in [0.2, 0.25) is 11.8 Å². The van der Waals surface area contributed by atoms with Crippen LogP contribution in [0.15, 0.2) is 0 Å². The summed E-state index contributed by atoms with van der Waals surface area (Å²) in [5.41, 5.74) is -1.31. The molecule has 0 radical (unpaired) electrons. The monoisotopic (exact) mass is 266 g/mol. The van der Waals surface area contributed by atoms with Crippen molar-refractivity contribution in [3.8, 4) is 0 Å². The van der Waals surface area contributed by atoms with Crippen molar-refractivity contribution in [1.82, 2.24) is 9.80 Å². The van der Waals surface area contributed by atoms with Gasteiger partial charge in [0.15, 0.2) is 0 Å². The maximum absolute atomic E-state index is 12.7. The Hall–Kier alpha value is -0.940. The number of imide groups is 1. The number of hydrogen-bond donors (Lipinski definition) is 0. The van der Waals surface area contributed by atoms with Gasteiger partial charge >= 0.3 is 0 Å². The molecule has 0 spiro atoms. The van der Waals surface area contributed by atoms with Gasteiger partial charge in [0.25, 0.3) is 0 Å². The molecular weight excluding hydrogens is 244 g/mol. The molecular formula is C14H22N2O3. The summed E-state index contributed by atoms with van der Waals surface area (Å²) in [4.78, 5) is 28.9. The van der Waals surface area contributed by atoms with E-state index >= 15 is 0 Å². The van der Waals surface area contributed by atoms with Gasteiger partial charge in [-0.1, -0.05) is 0 Å². The molecule has 2 bridgehead atoms. The Kier molecular flexibility index (Phi) is 2.61. The molecule has 0 aromatic rings. The van der Waals surface area contributed by atoms with Crippen LogP contribution in [0.4, 0.5) is 0 Å². The summed E-state index contributed by atoms with van der Waals surface area (Å²) in [5.74, 6) is -0.0666. The highest BCUT2D eigenvalue weighted by Crippen LogP contribution is 2.64. The first-order valence-corrected chi connectivity index (χ1v) is 7.00. The minimum Gasteiger partial charge on any atom is -0.373 e. The summed E-state index contributed by atoms with van der Waals surface area (Å²) in [5, 5.41) is 0. The number of carbonyl (C=O) groups is 2. The van der Waals surface area contributed by atoms with Crippen LogP contribution < -0.4 is 0 Å². The Morgan fingerprint density at radius 3 is 2.05 bits per heavy atom. The van der Waals surface area contributed by atoms with Crippen LogP contribution in [0.2, 0.25) is 0 Å². The van der Waals surface area contributed by atoms with Crippen molar-refractivity contribution in [2.45, 2.75) is 38.9 Å². The number of likely N-dealkylation sites (N-methyl/N-ethyl adjacent to an activating group) is 1. The quantitative estimate of drug-likeness (QED) is 0.698. The van der Waals surface area contributed by atoms with Gasteiger partial charge in [0.05, 0.1) is 23.0 Å². The lowest BCUT2D eigenvalue weighted by molar-refractivity contribution is -0.145. The predicted octanol–water partition coefficient (Wildman–Crippen LogP) is 0.491. The molecule has 0 N–H and O–H groups in total. The molecule has 106 valence electrons. The van der Waals surface area contributed by atoms with E-state index in [1.165, 1.54) is 4.90 Å². The summed E-state index contributed by atoms with van der Waals surface area (Å²) >= 11 is 0. The Balaban J connectivity index is 1.94. The highest BCUT2D eigenvalue weighted by atomic mass is 16.5. The lowest BCUT2D eigenvalue weighted by Gasteiger charge is -2.36. The number of ether oxygens (including phenoxy) is 1. The van der Waals surface area contributed by atoms with Crippen molar-refractivity contribution in [2.24, 2.45) is 10.8 Å². The predicted molar refractivity (Wildman–Crippen MR) is 69.4 cm³/mol. The van der Waals surface area contributed by atoms with Gasteiger partial charge in [-0.15, -0.1) is 0 Å². The maximum atomic E-state index is 12.7. The van der Waals surface area contributed by atoms with E-state index < -0.39 is 10.8 Å². The number of nitrogens with zero attached hydrogens (tertiary/aromatic N) is 2. The van der Waals surface area contributed by atoms with Gasteiger partial charge < -0.3 is 9.64 Å². The van der Waals surface area contributed by atoms with Gasteiger partial charge in [-0.2, -0.15) is 0 Å². The molecule has 4 unspecified atom stereocenters. The summed E-state index contributed by atoms with van der Waals surface area (Å²) in [6, 6.07) is 0.